The second kappa shape index (κ2) is 11.7. The molecule has 0 radical (unpaired) electrons. The first-order valence-corrected chi connectivity index (χ1v) is 11.5. The molecule has 10 heteroatoms. The van der Waals surface area contributed by atoms with E-state index < -0.39 is 35.6 Å². The second-order valence-corrected chi connectivity index (χ2v) is 9.14. The predicted molar refractivity (Wildman–Crippen MR) is 129 cm³/mol. The molecule has 2 aromatic rings. The molecule has 1 aliphatic heterocycles. The maximum atomic E-state index is 14.4. The Morgan fingerprint density at radius 3 is 2.47 bits per heavy atom. The molecule has 1 saturated heterocycles. The normalized spacial score (nSPS) is 16.1. The third-order valence-corrected chi connectivity index (χ3v) is 5.25. The minimum Gasteiger partial charge on any atom is -0.464 e. The van der Waals surface area contributed by atoms with Crippen molar-refractivity contribution < 1.29 is 33.0 Å². The van der Waals surface area contributed by atoms with Crippen molar-refractivity contribution in [2.75, 3.05) is 26.7 Å². The Morgan fingerprint density at radius 1 is 1.08 bits per heavy atom. The fraction of sp³-hybridized carbons (Fsp3) is 0.385. The van der Waals surface area contributed by atoms with Gasteiger partial charge in [-0.05, 0) is 44.5 Å². The third kappa shape index (κ3) is 7.27. The zero-order valence-corrected chi connectivity index (χ0v) is 20.8. The Bertz CT molecular complexity index is 1120. The maximum absolute atomic E-state index is 14.4. The lowest BCUT2D eigenvalue weighted by Gasteiger charge is -2.39. The second-order valence-electron chi connectivity index (χ2n) is 9.14. The Labute approximate surface area is 209 Å². The molecule has 0 spiro atoms. The van der Waals surface area contributed by atoms with E-state index in [1.54, 1.807) is 26.8 Å². The molecule has 0 bridgehead atoms. The molecule has 1 atom stereocenters. The summed E-state index contributed by atoms with van der Waals surface area (Å²) in [6, 6.07) is 10.9. The molecule has 192 valence electrons. The van der Waals surface area contributed by atoms with Crippen LogP contribution in [0.15, 0.2) is 48.5 Å². The summed E-state index contributed by atoms with van der Waals surface area (Å²) in [5.74, 6) is -1.36. The lowest BCUT2D eigenvalue weighted by atomic mass is 10.1. The molecule has 0 N–H and O–H groups in total. The van der Waals surface area contributed by atoms with Crippen molar-refractivity contribution in [3.8, 4) is 0 Å². The summed E-state index contributed by atoms with van der Waals surface area (Å²) < 4.78 is 30.0. The van der Waals surface area contributed by atoms with Gasteiger partial charge in [0.05, 0.1) is 18.8 Å². The van der Waals surface area contributed by atoms with Gasteiger partial charge in [-0.2, -0.15) is 0 Å². The highest BCUT2D eigenvalue weighted by molar-refractivity contribution is 5.87. The van der Waals surface area contributed by atoms with Crippen LogP contribution in [0.2, 0.25) is 0 Å². The van der Waals surface area contributed by atoms with Crippen molar-refractivity contribution >= 4 is 24.2 Å². The van der Waals surface area contributed by atoms with E-state index in [0.29, 0.717) is 0 Å². The third-order valence-electron chi connectivity index (χ3n) is 5.25. The number of nitrogens with zero attached hydrogens (tertiary/aromatic N) is 3. The fourth-order valence-electron chi connectivity index (χ4n) is 3.49. The Balaban J connectivity index is 1.81. The zero-order valence-electron chi connectivity index (χ0n) is 20.8. The standard InChI is InChI=1S/C26H30FN3O6/c1-26(2,3)36-24(32)29-14-15-30(25(33)35-17-18-8-6-5-7-9-18)19(16-29)10-12-21-20(27)11-13-22(28-21)23(31)34-4/h5-13,19H,14-17H2,1-4H3/b12-10+/t19-/m0/s1. The zero-order chi connectivity index (χ0) is 26.3. The SMILES string of the molecule is COC(=O)c1ccc(F)c(/C=C/[C@H]2CN(C(=O)OC(C)(C)C)CCN2C(=O)OCc2ccccc2)n1. The highest BCUT2D eigenvalue weighted by atomic mass is 19.1. The molecule has 3 rings (SSSR count). The van der Waals surface area contributed by atoms with E-state index in [2.05, 4.69) is 9.72 Å². The Morgan fingerprint density at radius 2 is 1.81 bits per heavy atom. The Hall–Kier alpha value is -3.95. The van der Waals surface area contributed by atoms with Crippen LogP contribution in [0.1, 0.15) is 42.5 Å². The average molecular weight is 500 g/mol. The van der Waals surface area contributed by atoms with Crippen LogP contribution < -0.4 is 0 Å². The summed E-state index contributed by atoms with van der Waals surface area (Å²) >= 11 is 0. The van der Waals surface area contributed by atoms with Crippen molar-refractivity contribution in [2.45, 2.75) is 39.0 Å². The van der Waals surface area contributed by atoms with Crippen molar-refractivity contribution in [1.82, 2.24) is 14.8 Å². The van der Waals surface area contributed by atoms with Gasteiger partial charge in [-0.25, -0.2) is 23.8 Å². The van der Waals surface area contributed by atoms with Gasteiger partial charge >= 0.3 is 18.2 Å². The van der Waals surface area contributed by atoms with Crippen LogP contribution in [0.4, 0.5) is 14.0 Å². The number of pyridine rings is 1. The van der Waals surface area contributed by atoms with Crippen LogP contribution in [0, 0.1) is 5.82 Å². The number of hydrogen-bond acceptors (Lipinski definition) is 7. The molecule has 0 unspecified atom stereocenters. The first kappa shape index (κ1) is 26.7. The van der Waals surface area contributed by atoms with Crippen LogP contribution >= 0.6 is 0 Å². The molecular weight excluding hydrogens is 469 g/mol. The van der Waals surface area contributed by atoms with E-state index in [0.717, 1.165) is 11.6 Å². The summed E-state index contributed by atoms with van der Waals surface area (Å²) in [5.41, 5.74) is -0.0203. The van der Waals surface area contributed by atoms with Gasteiger partial charge in [0.15, 0.2) is 0 Å². The molecule has 1 aliphatic rings. The summed E-state index contributed by atoms with van der Waals surface area (Å²) in [5, 5.41) is 0. The molecule has 1 fully saturated rings. The number of esters is 1. The fourth-order valence-corrected chi connectivity index (χ4v) is 3.49. The van der Waals surface area contributed by atoms with Gasteiger partial charge in [0, 0.05) is 19.6 Å². The van der Waals surface area contributed by atoms with Crippen LogP contribution in [-0.4, -0.2) is 71.3 Å². The number of carbonyl (C=O) groups is 3. The summed E-state index contributed by atoms with van der Waals surface area (Å²) in [6.45, 7) is 5.90. The lowest BCUT2D eigenvalue weighted by Crippen LogP contribution is -2.56. The number of ether oxygens (including phenoxy) is 3. The minimum atomic E-state index is -0.704. The molecule has 1 aromatic carbocycles. The molecule has 0 aliphatic carbocycles. The lowest BCUT2D eigenvalue weighted by molar-refractivity contribution is 0.00628. The minimum absolute atomic E-state index is 0.0586. The highest BCUT2D eigenvalue weighted by Gasteiger charge is 2.34. The maximum Gasteiger partial charge on any atom is 0.410 e. The van der Waals surface area contributed by atoms with Gasteiger partial charge in [-0.3, -0.25) is 4.90 Å². The van der Waals surface area contributed by atoms with Crippen molar-refractivity contribution in [3.63, 3.8) is 0 Å². The molecule has 2 amide bonds. The molecule has 1 aromatic heterocycles. The smallest absolute Gasteiger partial charge is 0.410 e. The monoisotopic (exact) mass is 499 g/mol. The van der Waals surface area contributed by atoms with Gasteiger partial charge in [0.1, 0.15) is 23.7 Å². The largest absolute Gasteiger partial charge is 0.464 e. The molecule has 0 saturated carbocycles. The number of hydrogen-bond donors (Lipinski definition) is 0. The summed E-state index contributed by atoms with van der Waals surface area (Å²) in [7, 11) is 1.20. The van der Waals surface area contributed by atoms with Crippen molar-refractivity contribution in [2.24, 2.45) is 0 Å². The topological polar surface area (TPSA) is 98.3 Å². The van der Waals surface area contributed by atoms with E-state index in [9.17, 15) is 18.8 Å². The van der Waals surface area contributed by atoms with Crippen molar-refractivity contribution in [3.05, 3.63) is 71.3 Å². The number of benzene rings is 1. The van der Waals surface area contributed by atoms with Gasteiger partial charge in [0.2, 0.25) is 0 Å². The van der Waals surface area contributed by atoms with Crippen LogP contribution in [0.25, 0.3) is 6.08 Å². The van der Waals surface area contributed by atoms with E-state index >= 15 is 0 Å². The quantitative estimate of drug-likeness (QED) is 0.447. The van der Waals surface area contributed by atoms with Gasteiger partial charge in [-0.15, -0.1) is 0 Å². The number of rotatable bonds is 5. The van der Waals surface area contributed by atoms with Crippen molar-refractivity contribution in [1.29, 1.82) is 0 Å². The molecule has 2 heterocycles. The average Bonchev–Trinajstić information content (AvgIpc) is 2.85. The first-order chi connectivity index (χ1) is 17.1. The van der Waals surface area contributed by atoms with E-state index in [1.165, 1.54) is 29.1 Å². The van der Waals surface area contributed by atoms with Gasteiger partial charge in [-0.1, -0.05) is 36.4 Å². The summed E-state index contributed by atoms with van der Waals surface area (Å²) in [4.78, 5) is 44.3. The highest BCUT2D eigenvalue weighted by Crippen LogP contribution is 2.19. The first-order valence-electron chi connectivity index (χ1n) is 11.5. The summed E-state index contributed by atoms with van der Waals surface area (Å²) in [6.07, 6.45) is 1.82. The molecule has 36 heavy (non-hydrogen) atoms. The van der Waals surface area contributed by atoms with Crippen LogP contribution in [-0.2, 0) is 20.8 Å². The molecular formula is C26H30FN3O6. The van der Waals surface area contributed by atoms with E-state index in [1.807, 2.05) is 30.3 Å². The number of methoxy groups -OCH3 is 1. The number of aromatic nitrogens is 1. The Kier molecular flexibility index (Phi) is 8.63. The van der Waals surface area contributed by atoms with Gasteiger partial charge < -0.3 is 19.1 Å². The van der Waals surface area contributed by atoms with Crippen LogP contribution in [0.5, 0.6) is 0 Å². The number of halogens is 1. The number of amides is 2. The number of piperazine rings is 1. The predicted octanol–water partition coefficient (Wildman–Crippen LogP) is 4.28. The van der Waals surface area contributed by atoms with Gasteiger partial charge in [0.25, 0.3) is 0 Å². The van der Waals surface area contributed by atoms with E-state index in [4.69, 9.17) is 9.47 Å². The molecule has 9 nitrogen and oxygen atoms in total. The van der Waals surface area contributed by atoms with E-state index in [-0.39, 0.29) is 37.6 Å². The number of carbonyl (C=O) groups excluding carboxylic acids is 3. The van der Waals surface area contributed by atoms with Crippen LogP contribution in [0.3, 0.4) is 0 Å².